The van der Waals surface area contributed by atoms with Crippen LogP contribution in [0.2, 0.25) is 0 Å². The number of carboxylic acid groups (broad SMARTS) is 1. The Hall–Kier alpha value is -2.73. The predicted octanol–water partition coefficient (Wildman–Crippen LogP) is 4.10. The molecule has 0 saturated carbocycles. The van der Waals surface area contributed by atoms with Gasteiger partial charge < -0.3 is 9.67 Å². The van der Waals surface area contributed by atoms with Crippen LogP contribution in [0.5, 0.6) is 0 Å². The first-order valence-corrected chi connectivity index (χ1v) is 9.76. The van der Waals surface area contributed by atoms with Gasteiger partial charge in [-0.15, -0.1) is 0 Å². The van der Waals surface area contributed by atoms with Crippen LogP contribution in [0.3, 0.4) is 0 Å². The van der Waals surface area contributed by atoms with Gasteiger partial charge in [-0.25, -0.2) is 14.2 Å². The number of hydrogen-bond acceptors (Lipinski definition) is 3. The molecule has 1 fully saturated rings. The molecule has 2 aromatic carbocycles. The summed E-state index contributed by atoms with van der Waals surface area (Å²) in [6, 6.07) is 12.3. The second-order valence-electron chi connectivity index (χ2n) is 7.38. The summed E-state index contributed by atoms with van der Waals surface area (Å²) in [5.74, 6) is -0.181. The Morgan fingerprint density at radius 1 is 1.29 bits per heavy atom. The molecule has 0 radical (unpaired) electrons. The van der Waals surface area contributed by atoms with Gasteiger partial charge in [0.1, 0.15) is 11.6 Å². The predicted molar refractivity (Wildman–Crippen MR) is 106 cm³/mol. The van der Waals surface area contributed by atoms with Crippen LogP contribution >= 0.6 is 0 Å². The highest BCUT2D eigenvalue weighted by atomic mass is 19.1. The fraction of sp³-hybridized carbons (Fsp3) is 0.364. The third-order valence-electron chi connectivity index (χ3n) is 5.59. The van der Waals surface area contributed by atoms with E-state index in [4.69, 9.17) is 4.98 Å². The summed E-state index contributed by atoms with van der Waals surface area (Å²) in [6.45, 7) is 4.56. The lowest BCUT2D eigenvalue weighted by Crippen LogP contribution is -2.31. The van der Waals surface area contributed by atoms with E-state index in [0.29, 0.717) is 12.6 Å². The lowest BCUT2D eigenvalue weighted by Gasteiger charge is -2.24. The van der Waals surface area contributed by atoms with Crippen LogP contribution in [0.1, 0.15) is 41.5 Å². The van der Waals surface area contributed by atoms with Crippen molar-refractivity contribution in [3.05, 3.63) is 65.2 Å². The Morgan fingerprint density at radius 3 is 2.89 bits per heavy atom. The fourth-order valence-electron chi connectivity index (χ4n) is 4.24. The maximum absolute atomic E-state index is 13.5. The highest BCUT2D eigenvalue weighted by molar-refractivity contribution is 5.92. The molecule has 4 rings (SSSR count). The normalized spacial score (nSPS) is 17.4. The Bertz CT molecular complexity index is 1010. The number of imidazole rings is 1. The van der Waals surface area contributed by atoms with Crippen molar-refractivity contribution in [1.29, 1.82) is 0 Å². The van der Waals surface area contributed by atoms with Crippen molar-refractivity contribution in [2.75, 3.05) is 6.54 Å². The van der Waals surface area contributed by atoms with Crippen LogP contribution in [0, 0.1) is 5.82 Å². The third-order valence-corrected chi connectivity index (χ3v) is 5.59. The largest absolute Gasteiger partial charge is 0.478 e. The number of aromatic nitrogens is 2. The van der Waals surface area contributed by atoms with Gasteiger partial charge in [-0.2, -0.15) is 0 Å². The van der Waals surface area contributed by atoms with Crippen molar-refractivity contribution in [2.24, 2.45) is 0 Å². The topological polar surface area (TPSA) is 58.4 Å². The number of hydrogen-bond donors (Lipinski definition) is 1. The molecule has 0 bridgehead atoms. The Morgan fingerprint density at radius 2 is 2.14 bits per heavy atom. The molecule has 146 valence electrons. The zero-order chi connectivity index (χ0) is 19.7. The zero-order valence-corrected chi connectivity index (χ0v) is 15.9. The van der Waals surface area contributed by atoms with Gasteiger partial charge in [0.25, 0.3) is 0 Å². The van der Waals surface area contributed by atoms with Crippen LogP contribution in [0.25, 0.3) is 11.0 Å². The maximum atomic E-state index is 13.5. The number of halogens is 1. The van der Waals surface area contributed by atoms with Gasteiger partial charge in [0.05, 0.1) is 23.1 Å². The van der Waals surface area contributed by atoms with Crippen LogP contribution in [-0.2, 0) is 19.5 Å². The van der Waals surface area contributed by atoms with Gasteiger partial charge in [-0.3, -0.25) is 4.90 Å². The van der Waals surface area contributed by atoms with E-state index in [0.717, 1.165) is 54.8 Å². The average Bonchev–Trinajstić information content (AvgIpc) is 3.24. The molecule has 1 aromatic heterocycles. The summed E-state index contributed by atoms with van der Waals surface area (Å²) < 4.78 is 15.7. The molecule has 3 aromatic rings. The summed E-state index contributed by atoms with van der Waals surface area (Å²) in [5, 5.41) is 9.23. The van der Waals surface area contributed by atoms with Crippen LogP contribution in [0.15, 0.2) is 42.5 Å². The van der Waals surface area contributed by atoms with Gasteiger partial charge >= 0.3 is 5.97 Å². The maximum Gasteiger partial charge on any atom is 0.335 e. The molecule has 1 N–H and O–H groups in total. The Kier molecular flexibility index (Phi) is 5.13. The van der Waals surface area contributed by atoms with E-state index in [2.05, 4.69) is 16.4 Å². The number of carboxylic acids is 1. The molecule has 6 heteroatoms. The zero-order valence-electron chi connectivity index (χ0n) is 15.9. The molecular weight excluding hydrogens is 357 g/mol. The van der Waals surface area contributed by atoms with Crippen molar-refractivity contribution in [1.82, 2.24) is 14.5 Å². The monoisotopic (exact) mass is 381 g/mol. The first-order valence-electron chi connectivity index (χ1n) is 9.76. The van der Waals surface area contributed by atoms with E-state index in [9.17, 15) is 14.3 Å². The number of fused-ring (bicyclic) bond motifs is 1. The molecule has 1 atom stereocenters. The first-order chi connectivity index (χ1) is 13.5. The molecule has 1 unspecified atom stereocenters. The van der Waals surface area contributed by atoms with E-state index in [1.54, 1.807) is 24.3 Å². The van der Waals surface area contributed by atoms with Gasteiger partial charge in [0.2, 0.25) is 0 Å². The van der Waals surface area contributed by atoms with Gasteiger partial charge in [-0.1, -0.05) is 12.1 Å². The minimum Gasteiger partial charge on any atom is -0.478 e. The Labute approximate surface area is 163 Å². The average molecular weight is 381 g/mol. The minimum atomic E-state index is -0.941. The van der Waals surface area contributed by atoms with Gasteiger partial charge in [0.15, 0.2) is 0 Å². The van der Waals surface area contributed by atoms with Crippen molar-refractivity contribution >= 4 is 17.0 Å². The smallest absolute Gasteiger partial charge is 0.335 e. The number of carbonyl (C=O) groups is 1. The first kappa shape index (κ1) is 18.6. The third kappa shape index (κ3) is 3.64. The van der Waals surface area contributed by atoms with Crippen molar-refractivity contribution in [2.45, 2.75) is 45.3 Å². The summed E-state index contributed by atoms with van der Waals surface area (Å²) in [5.41, 5.74) is 2.96. The second-order valence-corrected chi connectivity index (χ2v) is 7.38. The lowest BCUT2D eigenvalue weighted by molar-refractivity contribution is 0.0697. The van der Waals surface area contributed by atoms with Crippen molar-refractivity contribution in [3.63, 3.8) is 0 Å². The minimum absolute atomic E-state index is 0.191. The molecule has 28 heavy (non-hydrogen) atoms. The summed E-state index contributed by atoms with van der Waals surface area (Å²) in [7, 11) is 0. The van der Waals surface area contributed by atoms with Crippen molar-refractivity contribution < 1.29 is 14.3 Å². The highest BCUT2D eigenvalue weighted by Gasteiger charge is 2.26. The molecule has 0 aliphatic carbocycles. The summed E-state index contributed by atoms with van der Waals surface area (Å²) in [4.78, 5) is 18.4. The van der Waals surface area contributed by atoms with Crippen molar-refractivity contribution in [3.8, 4) is 0 Å². The van der Waals surface area contributed by atoms with E-state index < -0.39 is 5.97 Å². The Balaban J connectivity index is 1.58. The second kappa shape index (κ2) is 7.72. The van der Waals surface area contributed by atoms with E-state index in [1.807, 2.05) is 12.1 Å². The number of rotatable bonds is 6. The van der Waals surface area contributed by atoms with E-state index in [-0.39, 0.29) is 11.4 Å². The van der Waals surface area contributed by atoms with Crippen LogP contribution in [0.4, 0.5) is 4.39 Å². The molecule has 1 saturated heterocycles. The molecule has 1 aliphatic rings. The van der Waals surface area contributed by atoms with E-state index >= 15 is 0 Å². The number of likely N-dealkylation sites (tertiary alicyclic amines) is 1. The standard InChI is InChI=1S/C22H24FN3O2/c1-2-26-20-9-8-16(22(27)28)13-19(20)24-21(26)14-25-10-4-7-18(25)12-15-5-3-6-17(23)11-15/h3,5-6,8-9,11,13,18H,2,4,7,10,12,14H2,1H3,(H,27,28). The quantitative estimate of drug-likeness (QED) is 0.698. The molecule has 5 nitrogen and oxygen atoms in total. The van der Waals surface area contributed by atoms with E-state index in [1.165, 1.54) is 6.07 Å². The SMILES string of the molecule is CCn1c(CN2CCCC2Cc2cccc(F)c2)nc2cc(C(=O)O)ccc21. The fourth-order valence-corrected chi connectivity index (χ4v) is 4.24. The van der Waals surface area contributed by atoms with Gasteiger partial charge in [-0.05, 0) is 68.6 Å². The molecule has 0 amide bonds. The van der Waals surface area contributed by atoms with Crippen LogP contribution < -0.4 is 0 Å². The molecule has 1 aliphatic heterocycles. The summed E-state index contributed by atoms with van der Waals surface area (Å²) >= 11 is 0. The highest BCUT2D eigenvalue weighted by Crippen LogP contribution is 2.25. The number of aromatic carboxylic acids is 1. The summed E-state index contributed by atoms with van der Waals surface area (Å²) in [6.07, 6.45) is 3.04. The molecule has 2 heterocycles. The van der Waals surface area contributed by atoms with Crippen LogP contribution in [-0.4, -0.2) is 38.1 Å². The lowest BCUT2D eigenvalue weighted by atomic mass is 10.0. The van der Waals surface area contributed by atoms with Gasteiger partial charge in [0, 0.05) is 12.6 Å². The number of nitrogens with zero attached hydrogens (tertiary/aromatic N) is 3. The molecule has 0 spiro atoms. The number of benzene rings is 2. The molecular formula is C22H24FN3O2. The number of aryl methyl sites for hydroxylation is 1.